The third-order valence-corrected chi connectivity index (χ3v) is 7.86. The monoisotopic (exact) mass is 605 g/mol. The number of aryl methyl sites for hydroxylation is 1. The fraction of sp³-hybridized carbons (Fsp3) is 0.471. The molecule has 1 fully saturated rings. The van der Waals surface area contributed by atoms with Gasteiger partial charge in [-0.25, -0.2) is 9.69 Å². The summed E-state index contributed by atoms with van der Waals surface area (Å²) in [7, 11) is 0. The van der Waals surface area contributed by atoms with Gasteiger partial charge in [0.05, 0.1) is 30.5 Å². The molecule has 0 aliphatic carbocycles. The lowest BCUT2D eigenvalue weighted by Gasteiger charge is -2.35. The third kappa shape index (κ3) is 7.73. The van der Waals surface area contributed by atoms with Crippen molar-refractivity contribution in [3.8, 4) is 5.75 Å². The summed E-state index contributed by atoms with van der Waals surface area (Å²) < 4.78 is 18.0. The Kier molecular flexibility index (Phi) is 10.9. The average molecular weight is 606 g/mol. The van der Waals surface area contributed by atoms with Crippen LogP contribution in [-0.4, -0.2) is 67.0 Å². The van der Waals surface area contributed by atoms with Gasteiger partial charge in [-0.1, -0.05) is 50.3 Å². The van der Waals surface area contributed by atoms with Gasteiger partial charge < -0.3 is 29.6 Å². The zero-order chi connectivity index (χ0) is 32.0. The number of ketones is 2. The van der Waals surface area contributed by atoms with E-state index in [1.165, 1.54) is 11.8 Å². The maximum Gasteiger partial charge on any atom is 0.416 e. The number of Topliss-reactive ketones (excluding diaryl/α,β-unsaturated/α-hetero) is 2. The second kappa shape index (κ2) is 14.6. The number of fused-ring (bicyclic) bond motifs is 2. The molecule has 2 heterocycles. The summed E-state index contributed by atoms with van der Waals surface area (Å²) in [5, 5.41) is 0. The van der Waals surface area contributed by atoms with Crippen molar-refractivity contribution >= 4 is 29.3 Å². The van der Waals surface area contributed by atoms with Crippen LogP contribution in [-0.2, 0) is 32.1 Å². The average Bonchev–Trinajstić information content (AvgIpc) is 3.34. The molecule has 2 aliphatic rings. The zero-order valence-corrected chi connectivity index (χ0v) is 26.1. The van der Waals surface area contributed by atoms with E-state index in [2.05, 4.69) is 6.58 Å². The van der Waals surface area contributed by atoms with Crippen LogP contribution in [0.15, 0.2) is 48.6 Å². The Labute approximate surface area is 259 Å². The van der Waals surface area contributed by atoms with Gasteiger partial charge in [-0.3, -0.25) is 9.59 Å². The van der Waals surface area contributed by atoms with Gasteiger partial charge in [0, 0.05) is 37.9 Å². The number of rotatable bonds is 13. The Morgan fingerprint density at radius 3 is 2.45 bits per heavy atom. The summed E-state index contributed by atoms with van der Waals surface area (Å²) in [6, 6.07) is 10.3. The lowest BCUT2D eigenvalue weighted by Crippen LogP contribution is -2.52. The highest BCUT2D eigenvalue weighted by molar-refractivity contribution is 6.06. The van der Waals surface area contributed by atoms with Crippen LogP contribution >= 0.6 is 0 Å². The molecule has 0 bridgehead atoms. The van der Waals surface area contributed by atoms with Crippen molar-refractivity contribution in [1.29, 1.82) is 0 Å². The van der Waals surface area contributed by atoms with E-state index in [1.54, 1.807) is 17.0 Å². The largest absolute Gasteiger partial charge is 0.493 e. The first-order valence-electron chi connectivity index (χ1n) is 15.1. The second-order valence-corrected chi connectivity index (χ2v) is 11.8. The molecule has 2 aliphatic heterocycles. The van der Waals surface area contributed by atoms with E-state index in [4.69, 9.17) is 19.9 Å². The van der Waals surface area contributed by atoms with E-state index in [9.17, 15) is 19.2 Å². The smallest absolute Gasteiger partial charge is 0.416 e. The summed E-state index contributed by atoms with van der Waals surface area (Å²) in [4.78, 5) is 54.5. The van der Waals surface area contributed by atoms with Gasteiger partial charge in [0.15, 0.2) is 6.23 Å². The van der Waals surface area contributed by atoms with Crippen molar-refractivity contribution in [3.05, 3.63) is 70.8 Å². The number of benzene rings is 2. The Bertz CT molecular complexity index is 1400. The van der Waals surface area contributed by atoms with E-state index < -0.39 is 18.4 Å². The number of hydrogen-bond donors (Lipinski definition) is 1. The quantitative estimate of drug-likeness (QED) is 0.256. The molecule has 1 saturated heterocycles. The predicted molar refractivity (Wildman–Crippen MR) is 167 cm³/mol. The number of amides is 2. The van der Waals surface area contributed by atoms with Crippen LogP contribution in [0.1, 0.15) is 67.1 Å². The van der Waals surface area contributed by atoms with Gasteiger partial charge in [0.2, 0.25) is 0 Å². The minimum absolute atomic E-state index is 0.0258. The molecule has 0 radical (unpaired) electrons. The van der Waals surface area contributed by atoms with Gasteiger partial charge in [0.1, 0.15) is 23.9 Å². The molecule has 236 valence electrons. The van der Waals surface area contributed by atoms with E-state index in [1.807, 2.05) is 45.0 Å². The second-order valence-electron chi connectivity index (χ2n) is 11.8. The molecule has 2 atom stereocenters. The minimum atomic E-state index is -0.881. The maximum atomic E-state index is 14.0. The van der Waals surface area contributed by atoms with Gasteiger partial charge in [-0.15, -0.1) is 0 Å². The molecule has 2 aromatic carbocycles. The number of nitrogens with two attached hydrogens (primary N) is 1. The summed E-state index contributed by atoms with van der Waals surface area (Å²) in [5.41, 5.74) is 9.66. The minimum Gasteiger partial charge on any atom is -0.493 e. The van der Waals surface area contributed by atoms with E-state index in [0.717, 1.165) is 22.3 Å². The standard InChI is InChI=1S/C34H43N3O7/c1-21(2)30(39)17-25-8-10-26(11-9-25)20-44-34(41)37-28-18-31(42-13-6-7-24(5)38)23(4)16-27(28)32(40)36-19-22(3)15-29(36)33(37)43-14-12-35/h8-11,16,18,21,29,33H,3,6-7,12-15,17,19-20,35H2,1-2,4-5H3/t29-,33-/m0/s1. The van der Waals surface area contributed by atoms with Crippen molar-refractivity contribution in [2.24, 2.45) is 11.7 Å². The molecule has 0 saturated carbocycles. The van der Waals surface area contributed by atoms with Gasteiger partial charge in [-0.05, 0) is 49.4 Å². The van der Waals surface area contributed by atoms with E-state index >= 15 is 0 Å². The van der Waals surface area contributed by atoms with Crippen LogP contribution in [0.5, 0.6) is 5.75 Å². The predicted octanol–water partition coefficient (Wildman–Crippen LogP) is 4.74. The van der Waals surface area contributed by atoms with Crippen molar-refractivity contribution < 1.29 is 33.4 Å². The van der Waals surface area contributed by atoms with Crippen LogP contribution in [0, 0.1) is 12.8 Å². The van der Waals surface area contributed by atoms with Crippen LogP contribution in [0.25, 0.3) is 0 Å². The topological polar surface area (TPSA) is 128 Å². The molecule has 2 aromatic rings. The highest BCUT2D eigenvalue weighted by atomic mass is 16.6. The molecule has 0 spiro atoms. The highest BCUT2D eigenvalue weighted by Gasteiger charge is 2.47. The van der Waals surface area contributed by atoms with Crippen LogP contribution in [0.4, 0.5) is 10.5 Å². The molecule has 44 heavy (non-hydrogen) atoms. The Balaban J connectivity index is 1.65. The lowest BCUT2D eigenvalue weighted by atomic mass is 10.0. The number of carbonyl (C=O) groups is 4. The molecule has 10 heteroatoms. The fourth-order valence-electron chi connectivity index (χ4n) is 5.43. The molecule has 2 amide bonds. The summed E-state index contributed by atoms with van der Waals surface area (Å²) in [6.45, 7) is 12.2. The molecule has 10 nitrogen and oxygen atoms in total. The molecule has 4 rings (SSSR count). The van der Waals surface area contributed by atoms with Crippen molar-refractivity contribution in [3.63, 3.8) is 0 Å². The van der Waals surface area contributed by atoms with E-state index in [-0.39, 0.29) is 43.2 Å². The maximum absolute atomic E-state index is 14.0. The van der Waals surface area contributed by atoms with Crippen molar-refractivity contribution in [1.82, 2.24) is 4.90 Å². The van der Waals surface area contributed by atoms with Crippen LogP contribution in [0.3, 0.4) is 0 Å². The number of ether oxygens (including phenoxy) is 3. The number of nitrogens with zero attached hydrogens (tertiary/aromatic N) is 2. The van der Waals surface area contributed by atoms with Gasteiger partial charge in [-0.2, -0.15) is 0 Å². The van der Waals surface area contributed by atoms with Gasteiger partial charge >= 0.3 is 6.09 Å². The summed E-state index contributed by atoms with van der Waals surface area (Å²) in [5.74, 6) is 0.443. The molecule has 0 unspecified atom stereocenters. The summed E-state index contributed by atoms with van der Waals surface area (Å²) >= 11 is 0. The SMILES string of the molecule is C=C1C[C@H]2[C@H](OCCN)N(C(=O)OCc3ccc(CC(=O)C(C)C)cc3)c3cc(OCCCC(C)=O)c(C)cc3C(=O)N2C1. The van der Waals surface area contributed by atoms with Crippen molar-refractivity contribution in [2.75, 3.05) is 31.2 Å². The number of anilines is 1. The Morgan fingerprint density at radius 2 is 1.80 bits per heavy atom. The van der Waals surface area contributed by atoms with Crippen LogP contribution in [0.2, 0.25) is 0 Å². The molecule has 2 N–H and O–H groups in total. The highest BCUT2D eigenvalue weighted by Crippen LogP contribution is 2.40. The molecular weight excluding hydrogens is 562 g/mol. The van der Waals surface area contributed by atoms with Gasteiger partial charge in [0.25, 0.3) is 5.91 Å². The van der Waals surface area contributed by atoms with Crippen LogP contribution < -0.4 is 15.4 Å². The molecule has 0 aromatic heterocycles. The lowest BCUT2D eigenvalue weighted by molar-refractivity contribution is -0.121. The molecular formula is C34H43N3O7. The number of hydrogen-bond acceptors (Lipinski definition) is 8. The third-order valence-electron chi connectivity index (χ3n) is 7.86. The van der Waals surface area contributed by atoms with Crippen molar-refractivity contribution in [2.45, 2.75) is 72.3 Å². The fourth-order valence-corrected chi connectivity index (χ4v) is 5.43. The Morgan fingerprint density at radius 1 is 1.09 bits per heavy atom. The number of carbonyl (C=O) groups excluding carboxylic acids is 4. The summed E-state index contributed by atoms with van der Waals surface area (Å²) in [6.07, 6.45) is 0.173. The first kappa shape index (κ1) is 32.9. The first-order chi connectivity index (χ1) is 21.0. The zero-order valence-electron chi connectivity index (χ0n) is 26.1. The Hall–Kier alpha value is -4.02. The van der Waals surface area contributed by atoms with E-state index in [0.29, 0.717) is 55.8 Å². The first-order valence-corrected chi connectivity index (χ1v) is 15.1. The normalized spacial score (nSPS) is 17.8.